The summed E-state index contributed by atoms with van der Waals surface area (Å²) in [6.45, 7) is 0. The van der Waals surface area contributed by atoms with Gasteiger partial charge in [-0.2, -0.15) is 0 Å². The van der Waals surface area contributed by atoms with Crippen molar-refractivity contribution in [3.8, 4) is 5.75 Å². The van der Waals surface area contributed by atoms with E-state index in [-0.39, 0.29) is 5.91 Å². The monoisotopic (exact) mass is 301 g/mol. The number of carbonyl (C=O) groups excluding carboxylic acids is 1. The molecule has 0 aliphatic heterocycles. The molecule has 1 heterocycles. The summed E-state index contributed by atoms with van der Waals surface area (Å²) in [7, 11) is 1.58. The first-order valence-corrected chi connectivity index (χ1v) is 7.47. The first kappa shape index (κ1) is 13.6. The fourth-order valence-electron chi connectivity index (χ4n) is 3.08. The Morgan fingerprint density at radius 1 is 0.783 bits per heavy atom. The molecule has 112 valence electrons. The Kier molecular flexibility index (Phi) is 3.12. The zero-order valence-electron chi connectivity index (χ0n) is 12.7. The molecule has 0 bridgehead atoms. The lowest BCUT2D eigenvalue weighted by Crippen LogP contribution is -2.12. The molecule has 23 heavy (non-hydrogen) atoms. The van der Waals surface area contributed by atoms with Crippen molar-refractivity contribution in [2.24, 2.45) is 0 Å². The fourth-order valence-corrected chi connectivity index (χ4v) is 3.08. The van der Waals surface area contributed by atoms with Crippen LogP contribution in [0.25, 0.3) is 21.8 Å². The van der Waals surface area contributed by atoms with Gasteiger partial charge in [0, 0.05) is 10.8 Å². The van der Waals surface area contributed by atoms with E-state index < -0.39 is 0 Å². The lowest BCUT2D eigenvalue weighted by atomic mass is 10.2. The van der Waals surface area contributed by atoms with E-state index in [2.05, 4.69) is 0 Å². The van der Waals surface area contributed by atoms with E-state index in [1.807, 2.05) is 60.7 Å². The summed E-state index contributed by atoms with van der Waals surface area (Å²) in [6.07, 6.45) is 0. The third-order valence-corrected chi connectivity index (χ3v) is 4.12. The van der Waals surface area contributed by atoms with Crippen molar-refractivity contribution in [1.29, 1.82) is 0 Å². The smallest absolute Gasteiger partial charge is 0.266 e. The number of nitrogens with zero attached hydrogens (tertiary/aromatic N) is 1. The maximum Gasteiger partial charge on any atom is 0.266 e. The number of fused-ring (bicyclic) bond motifs is 3. The molecule has 4 rings (SSSR count). The highest BCUT2D eigenvalue weighted by atomic mass is 16.5. The summed E-state index contributed by atoms with van der Waals surface area (Å²) in [4.78, 5) is 13.2. The van der Waals surface area contributed by atoms with Crippen LogP contribution in [0.15, 0.2) is 72.8 Å². The number of para-hydroxylation sites is 3. The highest BCUT2D eigenvalue weighted by Gasteiger charge is 2.19. The largest absolute Gasteiger partial charge is 0.496 e. The topological polar surface area (TPSA) is 31.2 Å². The molecular formula is C20H15NO2. The van der Waals surface area contributed by atoms with Crippen LogP contribution in [0.1, 0.15) is 10.4 Å². The number of benzene rings is 3. The second kappa shape index (κ2) is 5.29. The Labute approximate surface area is 133 Å². The van der Waals surface area contributed by atoms with Crippen LogP contribution < -0.4 is 4.74 Å². The van der Waals surface area contributed by atoms with Gasteiger partial charge in [-0.25, -0.2) is 0 Å². The van der Waals surface area contributed by atoms with Crippen molar-refractivity contribution in [2.45, 2.75) is 0 Å². The number of ether oxygens (including phenoxy) is 1. The minimum atomic E-state index is -0.0835. The Hall–Kier alpha value is -3.07. The molecular weight excluding hydrogens is 286 g/mol. The molecule has 0 spiro atoms. The quantitative estimate of drug-likeness (QED) is 0.546. The molecule has 4 aromatic rings. The molecule has 1 aromatic heterocycles. The minimum absolute atomic E-state index is 0.0835. The van der Waals surface area contributed by atoms with Crippen molar-refractivity contribution < 1.29 is 9.53 Å². The second-order valence-corrected chi connectivity index (χ2v) is 5.38. The normalized spacial score (nSPS) is 11.0. The molecule has 0 saturated carbocycles. The van der Waals surface area contributed by atoms with Crippen molar-refractivity contribution in [3.05, 3.63) is 78.4 Å². The molecule has 0 N–H and O–H groups in total. The summed E-state index contributed by atoms with van der Waals surface area (Å²) in [5, 5.41) is 2.15. The van der Waals surface area contributed by atoms with Crippen LogP contribution >= 0.6 is 0 Å². The van der Waals surface area contributed by atoms with Crippen LogP contribution in [0.3, 0.4) is 0 Å². The molecule has 3 heteroatoms. The van der Waals surface area contributed by atoms with E-state index in [0.29, 0.717) is 11.3 Å². The van der Waals surface area contributed by atoms with Crippen molar-refractivity contribution in [1.82, 2.24) is 4.57 Å². The predicted molar refractivity (Wildman–Crippen MR) is 92.2 cm³/mol. The highest BCUT2D eigenvalue weighted by molar-refractivity contribution is 6.16. The number of aromatic nitrogens is 1. The minimum Gasteiger partial charge on any atom is -0.496 e. The SMILES string of the molecule is COc1ccccc1C(=O)n1c2ccccc2c2ccccc21. The lowest BCUT2D eigenvalue weighted by Gasteiger charge is -2.10. The Morgan fingerprint density at radius 3 is 1.91 bits per heavy atom. The molecule has 0 radical (unpaired) electrons. The van der Waals surface area contributed by atoms with Gasteiger partial charge in [0.1, 0.15) is 5.75 Å². The standard InChI is InChI=1S/C20H15NO2/c1-23-19-13-7-4-10-16(19)20(22)21-17-11-5-2-8-14(17)15-9-3-6-12-18(15)21/h2-13H,1H3. The van der Waals surface area contributed by atoms with Gasteiger partial charge in [0.25, 0.3) is 5.91 Å². The Balaban J connectivity index is 2.06. The second-order valence-electron chi connectivity index (χ2n) is 5.38. The third-order valence-electron chi connectivity index (χ3n) is 4.12. The molecule has 0 saturated heterocycles. The molecule has 0 aliphatic carbocycles. The number of hydrogen-bond acceptors (Lipinski definition) is 2. The fraction of sp³-hybridized carbons (Fsp3) is 0.0500. The van der Waals surface area contributed by atoms with Gasteiger partial charge in [0.15, 0.2) is 0 Å². The van der Waals surface area contributed by atoms with Gasteiger partial charge in [0.2, 0.25) is 0 Å². The number of hydrogen-bond donors (Lipinski definition) is 0. The third kappa shape index (κ3) is 2.01. The van der Waals surface area contributed by atoms with Gasteiger partial charge in [-0.1, -0.05) is 48.5 Å². The summed E-state index contributed by atoms with van der Waals surface area (Å²) >= 11 is 0. The van der Waals surface area contributed by atoms with Crippen molar-refractivity contribution in [2.75, 3.05) is 7.11 Å². The van der Waals surface area contributed by atoms with E-state index in [1.54, 1.807) is 23.8 Å². The van der Waals surface area contributed by atoms with E-state index in [0.717, 1.165) is 21.8 Å². The predicted octanol–water partition coefficient (Wildman–Crippen LogP) is 4.49. The van der Waals surface area contributed by atoms with Gasteiger partial charge in [0.05, 0.1) is 23.7 Å². The van der Waals surface area contributed by atoms with Gasteiger partial charge in [-0.05, 0) is 24.3 Å². The molecule has 0 atom stereocenters. The van der Waals surface area contributed by atoms with Gasteiger partial charge < -0.3 is 4.74 Å². The average molecular weight is 301 g/mol. The van der Waals surface area contributed by atoms with Crippen LogP contribution in [0.5, 0.6) is 5.75 Å². The molecule has 3 aromatic carbocycles. The van der Waals surface area contributed by atoms with Crippen LogP contribution in [-0.2, 0) is 0 Å². The lowest BCUT2D eigenvalue weighted by molar-refractivity contribution is 0.0966. The van der Waals surface area contributed by atoms with E-state index in [1.165, 1.54) is 0 Å². The maximum absolute atomic E-state index is 13.2. The number of rotatable bonds is 2. The molecule has 0 fully saturated rings. The molecule has 0 unspecified atom stereocenters. The van der Waals surface area contributed by atoms with Gasteiger partial charge >= 0.3 is 0 Å². The summed E-state index contributed by atoms with van der Waals surface area (Å²) in [5.74, 6) is 0.499. The van der Waals surface area contributed by atoms with Crippen LogP contribution in [0.4, 0.5) is 0 Å². The zero-order valence-corrected chi connectivity index (χ0v) is 12.7. The summed E-state index contributed by atoms with van der Waals surface area (Å²) < 4.78 is 7.12. The molecule has 0 aliphatic rings. The Bertz CT molecular complexity index is 977. The number of carbonyl (C=O) groups is 1. The van der Waals surface area contributed by atoms with Crippen molar-refractivity contribution >= 4 is 27.7 Å². The Morgan fingerprint density at radius 2 is 1.30 bits per heavy atom. The van der Waals surface area contributed by atoms with Gasteiger partial charge in [-0.15, -0.1) is 0 Å². The zero-order chi connectivity index (χ0) is 15.8. The highest BCUT2D eigenvalue weighted by Crippen LogP contribution is 2.30. The molecule has 3 nitrogen and oxygen atoms in total. The van der Waals surface area contributed by atoms with Crippen LogP contribution in [0.2, 0.25) is 0 Å². The van der Waals surface area contributed by atoms with Gasteiger partial charge in [-0.3, -0.25) is 9.36 Å². The van der Waals surface area contributed by atoms with E-state index >= 15 is 0 Å². The van der Waals surface area contributed by atoms with Crippen LogP contribution in [-0.4, -0.2) is 17.6 Å². The van der Waals surface area contributed by atoms with Crippen molar-refractivity contribution in [3.63, 3.8) is 0 Å². The summed E-state index contributed by atoms with van der Waals surface area (Å²) in [5.41, 5.74) is 2.37. The molecule has 0 amide bonds. The maximum atomic E-state index is 13.2. The van der Waals surface area contributed by atoms with Crippen LogP contribution in [0, 0.1) is 0 Å². The first-order chi connectivity index (χ1) is 11.3. The summed E-state index contributed by atoms with van der Waals surface area (Å²) in [6, 6.07) is 23.2. The first-order valence-electron chi connectivity index (χ1n) is 7.47. The number of methoxy groups -OCH3 is 1. The van der Waals surface area contributed by atoms with E-state index in [4.69, 9.17) is 4.74 Å². The average Bonchev–Trinajstić information content (AvgIpc) is 2.95. The van der Waals surface area contributed by atoms with E-state index in [9.17, 15) is 4.79 Å².